The molecular formula is C13H23O8P. The van der Waals surface area contributed by atoms with E-state index < -0.39 is 7.82 Å². The van der Waals surface area contributed by atoms with E-state index in [1.165, 1.54) is 0 Å². The predicted molar refractivity (Wildman–Crippen MR) is 77.6 cm³/mol. The third-order valence-corrected chi connectivity index (χ3v) is 3.82. The van der Waals surface area contributed by atoms with E-state index in [1.54, 1.807) is 0 Å². The van der Waals surface area contributed by atoms with Crippen LogP contribution < -0.4 is 0 Å². The number of hydrogen-bond donors (Lipinski definition) is 0. The Morgan fingerprint density at radius 2 is 1.14 bits per heavy atom. The van der Waals surface area contributed by atoms with Crippen LogP contribution in [0, 0.1) is 12.3 Å². The van der Waals surface area contributed by atoms with Crippen molar-refractivity contribution in [2.75, 3.05) is 72.7 Å². The van der Waals surface area contributed by atoms with E-state index in [4.69, 9.17) is 38.9 Å². The van der Waals surface area contributed by atoms with Crippen LogP contribution in [0.2, 0.25) is 0 Å². The molecule has 0 aromatic rings. The number of terminal acetylenes is 1. The minimum atomic E-state index is -3.70. The molecule has 1 saturated heterocycles. The number of phosphoric acid groups is 1. The number of rotatable bonds is 2. The SMILES string of the molecule is C#CCOP1(=O)OCCOCCOCCOCCOCCO1. The van der Waals surface area contributed by atoms with E-state index in [-0.39, 0.29) is 33.0 Å². The Kier molecular flexibility index (Phi) is 11.6. The molecule has 0 saturated carbocycles. The lowest BCUT2D eigenvalue weighted by Crippen LogP contribution is -2.12. The Morgan fingerprint density at radius 1 is 0.773 bits per heavy atom. The lowest BCUT2D eigenvalue weighted by Gasteiger charge is -2.17. The lowest BCUT2D eigenvalue weighted by atomic mass is 10.7. The van der Waals surface area contributed by atoms with Crippen molar-refractivity contribution >= 4 is 7.82 Å². The molecule has 0 atom stereocenters. The summed E-state index contributed by atoms with van der Waals surface area (Å²) in [4.78, 5) is 0. The van der Waals surface area contributed by atoms with Gasteiger partial charge in [-0.05, 0) is 0 Å². The number of ether oxygens (including phenoxy) is 4. The van der Waals surface area contributed by atoms with Gasteiger partial charge in [-0.25, -0.2) is 4.57 Å². The average Bonchev–Trinajstić information content (AvgIpc) is 2.52. The van der Waals surface area contributed by atoms with Gasteiger partial charge in [0.25, 0.3) is 0 Å². The summed E-state index contributed by atoms with van der Waals surface area (Å²) in [6, 6.07) is 0. The molecule has 1 rings (SSSR count). The molecule has 0 N–H and O–H groups in total. The highest BCUT2D eigenvalue weighted by Crippen LogP contribution is 2.49. The molecule has 0 aromatic carbocycles. The molecule has 22 heavy (non-hydrogen) atoms. The fourth-order valence-electron chi connectivity index (χ4n) is 1.41. The van der Waals surface area contributed by atoms with Crippen LogP contribution in [0.25, 0.3) is 0 Å². The van der Waals surface area contributed by atoms with Crippen LogP contribution in [0.1, 0.15) is 0 Å². The molecule has 0 aliphatic carbocycles. The average molecular weight is 338 g/mol. The first kappa shape index (κ1) is 19.6. The third-order valence-electron chi connectivity index (χ3n) is 2.38. The minimum absolute atomic E-state index is 0.0613. The van der Waals surface area contributed by atoms with Crippen LogP contribution in [0.3, 0.4) is 0 Å². The zero-order chi connectivity index (χ0) is 15.9. The van der Waals surface area contributed by atoms with Gasteiger partial charge >= 0.3 is 7.82 Å². The van der Waals surface area contributed by atoms with Gasteiger partial charge in [0, 0.05) is 0 Å². The highest BCUT2D eigenvalue weighted by Gasteiger charge is 2.26. The zero-order valence-electron chi connectivity index (χ0n) is 12.6. The molecule has 1 fully saturated rings. The standard InChI is InChI=1S/C13H23O8P/c1-2-3-19-22(14)20-12-10-17-8-6-15-4-5-16-7-9-18-11-13-21-22/h1H,3-13H2. The zero-order valence-corrected chi connectivity index (χ0v) is 13.5. The van der Waals surface area contributed by atoms with Crippen LogP contribution in [-0.2, 0) is 37.1 Å². The Balaban J connectivity index is 2.37. The second-order valence-corrected chi connectivity index (χ2v) is 5.71. The summed E-state index contributed by atoms with van der Waals surface area (Å²) in [5, 5.41) is 0. The van der Waals surface area contributed by atoms with Gasteiger partial charge in [-0.1, -0.05) is 5.92 Å². The molecule has 1 aliphatic rings. The summed E-state index contributed by atoms with van der Waals surface area (Å²) in [5.74, 6) is 2.22. The molecule has 0 amide bonds. The monoisotopic (exact) mass is 338 g/mol. The highest BCUT2D eigenvalue weighted by molar-refractivity contribution is 7.48. The molecule has 0 aromatic heterocycles. The third kappa shape index (κ3) is 10.3. The highest BCUT2D eigenvalue weighted by atomic mass is 31.2. The van der Waals surface area contributed by atoms with Gasteiger partial charge in [0.15, 0.2) is 0 Å². The molecule has 8 nitrogen and oxygen atoms in total. The number of phosphoric ester groups is 1. The van der Waals surface area contributed by atoms with Crippen LogP contribution in [-0.4, -0.2) is 72.7 Å². The topological polar surface area (TPSA) is 81.7 Å². The van der Waals surface area contributed by atoms with Gasteiger partial charge in [0.2, 0.25) is 0 Å². The van der Waals surface area contributed by atoms with Crippen LogP contribution in [0.5, 0.6) is 0 Å². The first-order valence-electron chi connectivity index (χ1n) is 7.05. The second kappa shape index (κ2) is 13.0. The smallest absolute Gasteiger partial charge is 0.377 e. The first-order chi connectivity index (χ1) is 10.8. The summed E-state index contributed by atoms with van der Waals surface area (Å²) >= 11 is 0. The predicted octanol–water partition coefficient (Wildman–Crippen LogP) is 0.857. The number of hydrogen-bond acceptors (Lipinski definition) is 8. The largest absolute Gasteiger partial charge is 0.475 e. The quantitative estimate of drug-likeness (QED) is 0.542. The van der Waals surface area contributed by atoms with Crippen molar-refractivity contribution in [1.29, 1.82) is 0 Å². The molecule has 0 unspecified atom stereocenters. The van der Waals surface area contributed by atoms with E-state index in [9.17, 15) is 4.57 Å². The molecule has 9 heteroatoms. The van der Waals surface area contributed by atoms with Crippen molar-refractivity contribution in [1.82, 2.24) is 0 Å². The van der Waals surface area contributed by atoms with E-state index in [0.29, 0.717) is 39.6 Å². The summed E-state index contributed by atoms with van der Waals surface area (Å²) in [6.45, 7) is 3.13. The van der Waals surface area contributed by atoms with Crippen molar-refractivity contribution in [3.8, 4) is 12.3 Å². The Hall–Kier alpha value is -0.490. The van der Waals surface area contributed by atoms with Gasteiger partial charge in [0.05, 0.1) is 66.1 Å². The fraction of sp³-hybridized carbons (Fsp3) is 0.846. The van der Waals surface area contributed by atoms with Crippen LogP contribution in [0.4, 0.5) is 0 Å². The van der Waals surface area contributed by atoms with Gasteiger partial charge in [-0.2, -0.15) is 0 Å². The second-order valence-electron chi connectivity index (χ2n) is 4.04. The van der Waals surface area contributed by atoms with Crippen molar-refractivity contribution in [2.24, 2.45) is 0 Å². The van der Waals surface area contributed by atoms with Crippen molar-refractivity contribution in [2.45, 2.75) is 0 Å². The van der Waals surface area contributed by atoms with Crippen molar-refractivity contribution in [3.05, 3.63) is 0 Å². The summed E-state index contributed by atoms with van der Waals surface area (Å²) in [6.07, 6.45) is 5.08. The Morgan fingerprint density at radius 3 is 1.50 bits per heavy atom. The van der Waals surface area contributed by atoms with Crippen LogP contribution in [0.15, 0.2) is 0 Å². The normalized spacial score (nSPS) is 23.2. The summed E-state index contributed by atoms with van der Waals surface area (Å²) < 4.78 is 48.6. The molecule has 0 spiro atoms. The maximum atomic E-state index is 12.2. The molecule has 0 radical (unpaired) electrons. The molecule has 128 valence electrons. The Bertz CT molecular complexity index is 334. The summed E-state index contributed by atoms with van der Waals surface area (Å²) in [5.41, 5.74) is 0. The molecule has 1 aliphatic heterocycles. The molecule has 1 heterocycles. The molecule has 0 bridgehead atoms. The van der Waals surface area contributed by atoms with E-state index in [2.05, 4.69) is 5.92 Å². The van der Waals surface area contributed by atoms with Crippen molar-refractivity contribution < 1.29 is 37.1 Å². The maximum absolute atomic E-state index is 12.2. The Labute approximate surface area is 130 Å². The van der Waals surface area contributed by atoms with E-state index in [0.717, 1.165) is 0 Å². The molecular weight excluding hydrogens is 315 g/mol. The van der Waals surface area contributed by atoms with Crippen LogP contribution >= 0.6 is 7.82 Å². The summed E-state index contributed by atoms with van der Waals surface area (Å²) in [7, 11) is -3.70. The fourth-order valence-corrected chi connectivity index (χ4v) is 2.46. The van der Waals surface area contributed by atoms with Gasteiger partial charge < -0.3 is 18.9 Å². The van der Waals surface area contributed by atoms with Gasteiger partial charge in [0.1, 0.15) is 6.61 Å². The van der Waals surface area contributed by atoms with E-state index in [1.807, 2.05) is 0 Å². The maximum Gasteiger partial charge on any atom is 0.475 e. The first-order valence-corrected chi connectivity index (χ1v) is 8.51. The minimum Gasteiger partial charge on any atom is -0.377 e. The van der Waals surface area contributed by atoms with E-state index >= 15 is 0 Å². The van der Waals surface area contributed by atoms with Gasteiger partial charge in [-0.3, -0.25) is 13.6 Å². The lowest BCUT2D eigenvalue weighted by molar-refractivity contribution is -0.00426. The van der Waals surface area contributed by atoms with Crippen molar-refractivity contribution in [3.63, 3.8) is 0 Å². The van der Waals surface area contributed by atoms with Gasteiger partial charge in [-0.15, -0.1) is 6.42 Å².